The second-order valence-electron chi connectivity index (χ2n) is 4.95. The molecule has 5 heteroatoms. The Kier molecular flexibility index (Phi) is 5.54. The standard InChI is InChI=1S/C17H19N3O2/c18-17(22)20-15(11-13-7-3-1-4-8-13)16(21)19-12-14-9-5-2-6-10-14/h1-10,15H,11-12H2,(H,19,21)(H3,18,20,22)/t15-/m1/s1. The van der Waals surface area contributed by atoms with E-state index in [-0.39, 0.29) is 5.91 Å². The highest BCUT2D eigenvalue weighted by atomic mass is 16.2. The minimum absolute atomic E-state index is 0.258. The number of nitrogens with two attached hydrogens (primary N) is 1. The van der Waals surface area contributed by atoms with Gasteiger partial charge in [-0.2, -0.15) is 0 Å². The third-order valence-corrected chi connectivity index (χ3v) is 3.23. The smallest absolute Gasteiger partial charge is 0.312 e. The zero-order valence-electron chi connectivity index (χ0n) is 12.2. The van der Waals surface area contributed by atoms with Crippen LogP contribution in [0.25, 0.3) is 0 Å². The summed E-state index contributed by atoms with van der Waals surface area (Å²) in [5.74, 6) is -0.258. The Morgan fingerprint density at radius 1 is 0.909 bits per heavy atom. The van der Waals surface area contributed by atoms with E-state index in [2.05, 4.69) is 10.6 Å². The first-order chi connectivity index (χ1) is 10.6. The Balaban J connectivity index is 1.98. The van der Waals surface area contributed by atoms with Crippen molar-refractivity contribution in [2.24, 2.45) is 5.73 Å². The van der Waals surface area contributed by atoms with E-state index in [0.717, 1.165) is 11.1 Å². The third-order valence-electron chi connectivity index (χ3n) is 3.23. The maximum Gasteiger partial charge on any atom is 0.312 e. The molecule has 0 fully saturated rings. The number of carbonyl (C=O) groups is 2. The van der Waals surface area contributed by atoms with Crippen LogP contribution < -0.4 is 16.4 Å². The topological polar surface area (TPSA) is 84.2 Å². The average Bonchev–Trinajstić information content (AvgIpc) is 2.53. The van der Waals surface area contributed by atoms with Crippen LogP contribution in [0.5, 0.6) is 0 Å². The summed E-state index contributed by atoms with van der Waals surface area (Å²) in [5.41, 5.74) is 7.11. The molecule has 2 rings (SSSR count). The van der Waals surface area contributed by atoms with Crippen LogP contribution in [0.1, 0.15) is 11.1 Å². The van der Waals surface area contributed by atoms with Crippen molar-refractivity contribution in [2.75, 3.05) is 0 Å². The molecule has 2 aromatic carbocycles. The molecular weight excluding hydrogens is 278 g/mol. The lowest BCUT2D eigenvalue weighted by Gasteiger charge is -2.17. The number of benzene rings is 2. The lowest BCUT2D eigenvalue weighted by Crippen LogP contribution is -2.49. The first-order valence-corrected chi connectivity index (χ1v) is 7.06. The highest BCUT2D eigenvalue weighted by Crippen LogP contribution is 2.04. The number of hydrogen-bond donors (Lipinski definition) is 3. The molecule has 2 aromatic rings. The minimum Gasteiger partial charge on any atom is -0.352 e. The van der Waals surface area contributed by atoms with Crippen molar-refractivity contribution in [1.29, 1.82) is 0 Å². The van der Waals surface area contributed by atoms with Crippen LogP contribution in [0.4, 0.5) is 4.79 Å². The van der Waals surface area contributed by atoms with Crippen molar-refractivity contribution in [2.45, 2.75) is 19.0 Å². The first kappa shape index (κ1) is 15.6. The first-order valence-electron chi connectivity index (χ1n) is 7.06. The van der Waals surface area contributed by atoms with Crippen LogP contribution in [0.15, 0.2) is 60.7 Å². The van der Waals surface area contributed by atoms with E-state index < -0.39 is 12.1 Å². The highest BCUT2D eigenvalue weighted by Gasteiger charge is 2.19. The van der Waals surface area contributed by atoms with E-state index in [1.807, 2.05) is 60.7 Å². The Morgan fingerprint density at radius 2 is 1.45 bits per heavy atom. The molecule has 0 bridgehead atoms. The van der Waals surface area contributed by atoms with Gasteiger partial charge in [-0.05, 0) is 11.1 Å². The third kappa shape index (κ3) is 4.94. The van der Waals surface area contributed by atoms with Gasteiger partial charge in [0.2, 0.25) is 5.91 Å². The fourth-order valence-electron chi connectivity index (χ4n) is 2.14. The van der Waals surface area contributed by atoms with E-state index in [1.54, 1.807) is 0 Å². The van der Waals surface area contributed by atoms with Gasteiger partial charge in [-0.3, -0.25) is 4.79 Å². The van der Waals surface area contributed by atoms with Crippen LogP contribution in [0.2, 0.25) is 0 Å². The predicted octanol–water partition coefficient (Wildman–Crippen LogP) is 1.58. The summed E-state index contributed by atoms with van der Waals surface area (Å²) in [4.78, 5) is 23.4. The van der Waals surface area contributed by atoms with E-state index in [4.69, 9.17) is 5.73 Å². The molecule has 0 aliphatic heterocycles. The summed E-state index contributed by atoms with van der Waals surface area (Å²) in [5, 5.41) is 5.31. The van der Waals surface area contributed by atoms with Crippen LogP contribution in [-0.2, 0) is 17.8 Å². The number of amides is 3. The van der Waals surface area contributed by atoms with Crippen molar-refractivity contribution >= 4 is 11.9 Å². The largest absolute Gasteiger partial charge is 0.352 e. The second kappa shape index (κ2) is 7.83. The van der Waals surface area contributed by atoms with Gasteiger partial charge < -0.3 is 16.4 Å². The number of primary amides is 1. The van der Waals surface area contributed by atoms with Gasteiger partial charge in [0.15, 0.2) is 0 Å². The molecule has 5 nitrogen and oxygen atoms in total. The lowest BCUT2D eigenvalue weighted by atomic mass is 10.1. The summed E-state index contributed by atoms with van der Waals surface area (Å²) >= 11 is 0. The van der Waals surface area contributed by atoms with Gasteiger partial charge >= 0.3 is 6.03 Å². The van der Waals surface area contributed by atoms with Gasteiger partial charge in [-0.15, -0.1) is 0 Å². The van der Waals surface area contributed by atoms with E-state index in [0.29, 0.717) is 13.0 Å². The van der Waals surface area contributed by atoms with Gasteiger partial charge in [0, 0.05) is 13.0 Å². The van der Waals surface area contributed by atoms with Crippen LogP contribution in [-0.4, -0.2) is 18.0 Å². The summed E-state index contributed by atoms with van der Waals surface area (Å²) < 4.78 is 0. The van der Waals surface area contributed by atoms with Gasteiger partial charge in [0.05, 0.1) is 0 Å². The maximum atomic E-state index is 12.3. The second-order valence-corrected chi connectivity index (χ2v) is 4.95. The molecule has 22 heavy (non-hydrogen) atoms. The van der Waals surface area contributed by atoms with Gasteiger partial charge in [0.25, 0.3) is 0 Å². The van der Waals surface area contributed by atoms with Crippen LogP contribution >= 0.6 is 0 Å². The molecule has 3 amide bonds. The number of nitrogens with one attached hydrogen (secondary N) is 2. The molecule has 4 N–H and O–H groups in total. The molecular formula is C17H19N3O2. The fourth-order valence-corrected chi connectivity index (χ4v) is 2.14. The lowest BCUT2D eigenvalue weighted by molar-refractivity contribution is -0.123. The van der Waals surface area contributed by atoms with Gasteiger partial charge in [-0.1, -0.05) is 60.7 Å². The van der Waals surface area contributed by atoms with E-state index in [1.165, 1.54) is 0 Å². The molecule has 114 valence electrons. The molecule has 0 radical (unpaired) electrons. The number of rotatable bonds is 6. The van der Waals surface area contributed by atoms with Crippen molar-refractivity contribution in [1.82, 2.24) is 10.6 Å². The van der Waals surface area contributed by atoms with Crippen molar-refractivity contribution in [3.63, 3.8) is 0 Å². The Hall–Kier alpha value is -2.82. The predicted molar refractivity (Wildman–Crippen MR) is 84.9 cm³/mol. The van der Waals surface area contributed by atoms with Gasteiger partial charge in [-0.25, -0.2) is 4.79 Å². The van der Waals surface area contributed by atoms with E-state index >= 15 is 0 Å². The van der Waals surface area contributed by atoms with Crippen molar-refractivity contribution in [3.8, 4) is 0 Å². The molecule has 0 aliphatic carbocycles. The summed E-state index contributed by atoms with van der Waals surface area (Å²) in [7, 11) is 0. The zero-order valence-corrected chi connectivity index (χ0v) is 12.2. The number of urea groups is 1. The molecule has 0 heterocycles. The molecule has 1 atom stereocenters. The van der Waals surface area contributed by atoms with Crippen LogP contribution in [0.3, 0.4) is 0 Å². The average molecular weight is 297 g/mol. The highest BCUT2D eigenvalue weighted by molar-refractivity contribution is 5.86. The Labute approximate surface area is 129 Å². The van der Waals surface area contributed by atoms with Crippen LogP contribution in [0, 0.1) is 0 Å². The maximum absolute atomic E-state index is 12.3. The molecule has 0 spiro atoms. The zero-order chi connectivity index (χ0) is 15.8. The monoisotopic (exact) mass is 297 g/mol. The quantitative estimate of drug-likeness (QED) is 0.756. The minimum atomic E-state index is -0.712. The molecule has 0 aromatic heterocycles. The number of hydrogen-bond acceptors (Lipinski definition) is 2. The Morgan fingerprint density at radius 3 is 2.00 bits per heavy atom. The summed E-state index contributed by atoms with van der Waals surface area (Å²) in [6.07, 6.45) is 0.393. The fraction of sp³-hybridized carbons (Fsp3) is 0.176. The van der Waals surface area contributed by atoms with Gasteiger partial charge in [0.1, 0.15) is 6.04 Å². The molecule has 0 unspecified atom stereocenters. The molecule has 0 saturated heterocycles. The summed E-state index contributed by atoms with van der Waals surface area (Å²) in [6, 6.07) is 17.7. The van der Waals surface area contributed by atoms with Crippen molar-refractivity contribution in [3.05, 3.63) is 71.8 Å². The Bertz CT molecular complexity index is 614. The van der Waals surface area contributed by atoms with Crippen molar-refractivity contribution < 1.29 is 9.59 Å². The SMILES string of the molecule is NC(=O)N[C@H](Cc1ccccc1)C(=O)NCc1ccccc1. The number of carbonyl (C=O) groups excluding carboxylic acids is 2. The normalized spacial score (nSPS) is 11.5. The van der Waals surface area contributed by atoms with E-state index in [9.17, 15) is 9.59 Å². The molecule has 0 saturated carbocycles. The molecule has 0 aliphatic rings. The summed E-state index contributed by atoms with van der Waals surface area (Å²) in [6.45, 7) is 0.408.